The minimum absolute atomic E-state index is 0.117. The molecule has 170 valence electrons. The van der Waals surface area contributed by atoms with E-state index in [-0.39, 0.29) is 47.5 Å². The molecule has 1 amide bonds. The lowest BCUT2D eigenvalue weighted by Gasteiger charge is -2.15. The summed E-state index contributed by atoms with van der Waals surface area (Å²) in [5.41, 5.74) is 0.592. The molecule has 0 heterocycles. The number of esters is 1. The molecule has 1 unspecified atom stereocenters. The number of nitrogens with zero attached hydrogens (tertiary/aromatic N) is 1. The fourth-order valence-electron chi connectivity index (χ4n) is 2.68. The van der Waals surface area contributed by atoms with E-state index < -0.39 is 22.8 Å². The predicted molar refractivity (Wildman–Crippen MR) is 118 cm³/mol. The molecule has 3 N–H and O–H groups in total. The lowest BCUT2D eigenvalue weighted by Crippen LogP contribution is -2.25. The maximum Gasteiger partial charge on any atom is 0.341 e. The van der Waals surface area contributed by atoms with Crippen molar-refractivity contribution >= 4 is 34.7 Å². The van der Waals surface area contributed by atoms with Crippen molar-refractivity contribution in [2.45, 2.75) is 26.9 Å². The van der Waals surface area contributed by atoms with Gasteiger partial charge in [-0.05, 0) is 37.3 Å². The third kappa shape index (κ3) is 6.35. The molecule has 0 radical (unpaired) electrons. The summed E-state index contributed by atoms with van der Waals surface area (Å²) in [4.78, 5) is 47.5. The zero-order valence-electron chi connectivity index (χ0n) is 18.0. The van der Waals surface area contributed by atoms with Gasteiger partial charge in [-0.25, -0.2) is 4.79 Å². The standard InChI is InChI=1S/C22H25N3O7/c1-13(2)21(28)24-16-6-4-15(5-7-16)20(27)14(3)32-22(29)18-12-17(25(30)31)8-9-19(18)23-10-11-26/h4-9,12-14,23,26H,10-11H2,1-3H3,(H,24,28). The van der Waals surface area contributed by atoms with Crippen LogP contribution in [0.3, 0.4) is 0 Å². The first-order chi connectivity index (χ1) is 15.1. The van der Waals surface area contributed by atoms with E-state index in [1.165, 1.54) is 31.2 Å². The molecule has 0 saturated heterocycles. The number of benzene rings is 2. The Morgan fingerprint density at radius 3 is 2.31 bits per heavy atom. The summed E-state index contributed by atoms with van der Waals surface area (Å²) < 4.78 is 5.25. The number of nitro groups is 1. The second-order valence-electron chi connectivity index (χ2n) is 7.27. The van der Waals surface area contributed by atoms with Crippen molar-refractivity contribution in [1.29, 1.82) is 0 Å². The highest BCUT2D eigenvalue weighted by atomic mass is 16.6. The summed E-state index contributed by atoms with van der Waals surface area (Å²) in [5, 5.41) is 25.5. The molecule has 0 aliphatic carbocycles. The normalized spacial score (nSPS) is 11.5. The summed E-state index contributed by atoms with van der Waals surface area (Å²) >= 11 is 0. The van der Waals surface area contributed by atoms with Crippen molar-refractivity contribution in [3.63, 3.8) is 0 Å². The second kappa shape index (κ2) is 11.0. The number of aliphatic hydroxyl groups excluding tert-OH is 1. The third-order valence-corrected chi connectivity index (χ3v) is 4.48. The van der Waals surface area contributed by atoms with Crippen LogP contribution in [0.25, 0.3) is 0 Å². The van der Waals surface area contributed by atoms with Crippen LogP contribution in [0.5, 0.6) is 0 Å². The first kappa shape index (κ1) is 24.5. The SMILES string of the molecule is CC(C)C(=O)Nc1ccc(C(=O)C(C)OC(=O)c2cc([N+](=O)[O-])ccc2NCCO)cc1. The molecular weight excluding hydrogens is 418 g/mol. The molecule has 32 heavy (non-hydrogen) atoms. The number of carbonyl (C=O) groups is 3. The molecule has 0 saturated carbocycles. The third-order valence-electron chi connectivity index (χ3n) is 4.48. The number of anilines is 2. The lowest BCUT2D eigenvalue weighted by molar-refractivity contribution is -0.384. The Morgan fingerprint density at radius 2 is 1.75 bits per heavy atom. The van der Waals surface area contributed by atoms with E-state index in [1.54, 1.807) is 26.0 Å². The van der Waals surface area contributed by atoms with Crippen LogP contribution in [-0.2, 0) is 9.53 Å². The minimum Gasteiger partial charge on any atom is -0.451 e. The maximum atomic E-state index is 12.7. The zero-order valence-corrected chi connectivity index (χ0v) is 18.0. The monoisotopic (exact) mass is 443 g/mol. The van der Waals surface area contributed by atoms with Crippen molar-refractivity contribution < 1.29 is 29.2 Å². The smallest absolute Gasteiger partial charge is 0.341 e. The Bertz CT molecular complexity index is 1000. The molecule has 2 rings (SSSR count). The number of hydrogen-bond donors (Lipinski definition) is 3. The molecule has 0 aromatic heterocycles. The van der Waals surface area contributed by atoms with Crippen LogP contribution < -0.4 is 10.6 Å². The fraction of sp³-hybridized carbons (Fsp3) is 0.318. The first-order valence-corrected chi connectivity index (χ1v) is 9.93. The topological polar surface area (TPSA) is 148 Å². The number of carbonyl (C=O) groups excluding carboxylic acids is 3. The Hall–Kier alpha value is -3.79. The van der Waals surface area contributed by atoms with Gasteiger partial charge in [0.15, 0.2) is 6.10 Å². The number of nitrogens with one attached hydrogen (secondary N) is 2. The average molecular weight is 443 g/mol. The Morgan fingerprint density at radius 1 is 1.09 bits per heavy atom. The van der Waals surface area contributed by atoms with Gasteiger partial charge in [-0.1, -0.05) is 13.8 Å². The second-order valence-corrected chi connectivity index (χ2v) is 7.27. The van der Waals surface area contributed by atoms with Gasteiger partial charge in [-0.2, -0.15) is 0 Å². The molecule has 0 aliphatic rings. The van der Waals surface area contributed by atoms with Crippen molar-refractivity contribution in [2.75, 3.05) is 23.8 Å². The van der Waals surface area contributed by atoms with Gasteiger partial charge < -0.3 is 20.5 Å². The number of aliphatic hydroxyl groups is 1. The van der Waals surface area contributed by atoms with E-state index in [0.29, 0.717) is 5.69 Å². The number of nitro benzene ring substituents is 1. The number of Topliss-reactive ketones (excluding diaryl/α,β-unsaturated/α-hetero) is 1. The molecule has 2 aromatic rings. The van der Waals surface area contributed by atoms with Gasteiger partial charge in [0, 0.05) is 41.5 Å². The number of amides is 1. The van der Waals surface area contributed by atoms with Gasteiger partial charge in [-0.3, -0.25) is 19.7 Å². The number of rotatable bonds is 10. The molecule has 0 spiro atoms. The minimum atomic E-state index is -1.16. The van der Waals surface area contributed by atoms with Gasteiger partial charge in [-0.15, -0.1) is 0 Å². The molecule has 0 aliphatic heterocycles. The van der Waals surface area contributed by atoms with E-state index in [4.69, 9.17) is 9.84 Å². The average Bonchev–Trinajstić information content (AvgIpc) is 2.77. The van der Waals surface area contributed by atoms with E-state index in [2.05, 4.69) is 10.6 Å². The lowest BCUT2D eigenvalue weighted by atomic mass is 10.1. The van der Waals surface area contributed by atoms with Crippen LogP contribution in [0.4, 0.5) is 17.1 Å². The number of ether oxygens (including phenoxy) is 1. The maximum absolute atomic E-state index is 12.7. The Balaban J connectivity index is 2.14. The van der Waals surface area contributed by atoms with Crippen molar-refractivity contribution in [2.24, 2.45) is 5.92 Å². The van der Waals surface area contributed by atoms with Gasteiger partial charge >= 0.3 is 5.97 Å². The summed E-state index contributed by atoms with van der Waals surface area (Å²) in [6, 6.07) is 9.74. The van der Waals surface area contributed by atoms with Crippen molar-refractivity contribution in [3.8, 4) is 0 Å². The molecule has 0 bridgehead atoms. The predicted octanol–water partition coefficient (Wildman–Crippen LogP) is 3.02. The number of non-ortho nitro benzene ring substituents is 1. The van der Waals surface area contributed by atoms with Gasteiger partial charge in [0.25, 0.3) is 5.69 Å². The summed E-state index contributed by atoms with van der Waals surface area (Å²) in [7, 11) is 0. The van der Waals surface area contributed by atoms with Crippen LogP contribution in [-0.4, -0.2) is 46.9 Å². The van der Waals surface area contributed by atoms with Crippen molar-refractivity contribution in [3.05, 3.63) is 63.7 Å². The fourth-order valence-corrected chi connectivity index (χ4v) is 2.68. The highest BCUT2D eigenvalue weighted by Crippen LogP contribution is 2.24. The molecule has 0 fully saturated rings. The summed E-state index contributed by atoms with van der Waals surface area (Å²) in [6.45, 7) is 4.82. The number of ketones is 1. The molecule has 2 aromatic carbocycles. The zero-order chi connectivity index (χ0) is 23.8. The highest BCUT2D eigenvalue weighted by Gasteiger charge is 2.24. The molecule has 1 atom stereocenters. The summed E-state index contributed by atoms with van der Waals surface area (Å²) in [5.74, 6) is -1.75. The Labute approximate surface area is 184 Å². The van der Waals surface area contributed by atoms with Crippen LogP contribution >= 0.6 is 0 Å². The van der Waals surface area contributed by atoms with Crippen LogP contribution in [0.15, 0.2) is 42.5 Å². The molecular formula is C22H25N3O7. The van der Waals surface area contributed by atoms with E-state index in [0.717, 1.165) is 6.07 Å². The van der Waals surface area contributed by atoms with Crippen molar-refractivity contribution in [1.82, 2.24) is 0 Å². The first-order valence-electron chi connectivity index (χ1n) is 9.93. The molecule has 10 nitrogen and oxygen atoms in total. The Kier molecular flexibility index (Phi) is 8.42. The van der Waals surface area contributed by atoms with Crippen LogP contribution in [0.2, 0.25) is 0 Å². The van der Waals surface area contributed by atoms with Crippen LogP contribution in [0.1, 0.15) is 41.5 Å². The van der Waals surface area contributed by atoms with E-state index >= 15 is 0 Å². The highest BCUT2D eigenvalue weighted by molar-refractivity contribution is 6.03. The van der Waals surface area contributed by atoms with Crippen LogP contribution in [0, 0.1) is 16.0 Å². The van der Waals surface area contributed by atoms with E-state index in [1.807, 2.05) is 0 Å². The number of hydrogen-bond acceptors (Lipinski definition) is 8. The quantitative estimate of drug-likeness (QED) is 0.220. The summed E-state index contributed by atoms with van der Waals surface area (Å²) in [6.07, 6.45) is -1.16. The van der Waals surface area contributed by atoms with Gasteiger partial charge in [0.2, 0.25) is 11.7 Å². The van der Waals surface area contributed by atoms with E-state index in [9.17, 15) is 24.5 Å². The van der Waals surface area contributed by atoms with Gasteiger partial charge in [0.05, 0.1) is 17.1 Å². The van der Waals surface area contributed by atoms with Gasteiger partial charge in [0.1, 0.15) is 0 Å². The largest absolute Gasteiger partial charge is 0.451 e. The molecule has 10 heteroatoms.